The summed E-state index contributed by atoms with van der Waals surface area (Å²) in [6.07, 6.45) is -1.09. The molecule has 0 spiro atoms. The average Bonchev–Trinajstić information content (AvgIpc) is 2.73. The Labute approximate surface area is 180 Å². The molecule has 3 rings (SSSR count). The van der Waals surface area contributed by atoms with Gasteiger partial charge in [-0.3, -0.25) is 4.79 Å². The number of hydrogen-bond acceptors (Lipinski definition) is 4. The minimum atomic E-state index is -4.42. The lowest BCUT2D eigenvalue weighted by molar-refractivity contribution is -0.137. The predicted molar refractivity (Wildman–Crippen MR) is 114 cm³/mol. The summed E-state index contributed by atoms with van der Waals surface area (Å²) in [6, 6.07) is 5.28. The summed E-state index contributed by atoms with van der Waals surface area (Å²) in [6.45, 7) is 7.67. The van der Waals surface area contributed by atoms with E-state index in [-0.39, 0.29) is 11.8 Å². The number of benzene rings is 1. The highest BCUT2D eigenvalue weighted by Gasteiger charge is 2.31. The van der Waals surface area contributed by atoms with E-state index in [0.29, 0.717) is 48.3 Å². The minimum Gasteiger partial charge on any atom is -0.381 e. The zero-order valence-corrected chi connectivity index (χ0v) is 18.0. The van der Waals surface area contributed by atoms with Crippen LogP contribution in [0.4, 0.5) is 24.7 Å². The molecule has 168 valence electrons. The largest absolute Gasteiger partial charge is 0.416 e. The van der Waals surface area contributed by atoms with Crippen LogP contribution in [0.3, 0.4) is 0 Å². The van der Waals surface area contributed by atoms with Gasteiger partial charge in [0.05, 0.1) is 11.1 Å². The summed E-state index contributed by atoms with van der Waals surface area (Å²) in [4.78, 5) is 17.1. The van der Waals surface area contributed by atoms with Crippen LogP contribution in [0.2, 0.25) is 0 Å². The van der Waals surface area contributed by atoms with Crippen molar-refractivity contribution in [2.75, 3.05) is 25.1 Å². The molecule has 1 aliphatic heterocycles. The van der Waals surface area contributed by atoms with E-state index in [9.17, 15) is 18.0 Å². The molecule has 1 saturated heterocycles. The second kappa shape index (κ2) is 9.68. The molecule has 5 nitrogen and oxygen atoms in total. The molecule has 0 bridgehead atoms. The van der Waals surface area contributed by atoms with Gasteiger partial charge in [-0.2, -0.15) is 13.2 Å². The number of rotatable bonds is 6. The van der Waals surface area contributed by atoms with Gasteiger partial charge in [0, 0.05) is 31.6 Å². The number of hydrogen-bond donors (Lipinski definition) is 2. The van der Waals surface area contributed by atoms with Crippen molar-refractivity contribution >= 4 is 17.4 Å². The zero-order chi connectivity index (χ0) is 22.6. The monoisotopic (exact) mass is 435 g/mol. The molecule has 1 amide bonds. The molecule has 2 N–H and O–H groups in total. The van der Waals surface area contributed by atoms with Crippen molar-refractivity contribution in [3.8, 4) is 0 Å². The smallest absolute Gasteiger partial charge is 0.381 e. The number of anilines is 2. The Morgan fingerprint density at radius 1 is 1.23 bits per heavy atom. The lowest BCUT2D eigenvalue weighted by atomic mass is 9.97. The average molecular weight is 435 g/mol. The Kier molecular flexibility index (Phi) is 7.20. The van der Waals surface area contributed by atoms with Gasteiger partial charge in [0.1, 0.15) is 5.82 Å². The minimum absolute atomic E-state index is 0.0370. The van der Waals surface area contributed by atoms with Gasteiger partial charge in [-0.1, -0.05) is 19.9 Å². The molecule has 8 heteroatoms. The van der Waals surface area contributed by atoms with Crippen molar-refractivity contribution in [1.82, 2.24) is 10.3 Å². The summed E-state index contributed by atoms with van der Waals surface area (Å²) in [5.74, 6) is 0.643. The van der Waals surface area contributed by atoms with Crippen LogP contribution in [0.25, 0.3) is 0 Å². The fraction of sp³-hybridized carbons (Fsp3) is 0.478. The van der Waals surface area contributed by atoms with Crippen molar-refractivity contribution in [1.29, 1.82) is 0 Å². The van der Waals surface area contributed by atoms with Crippen LogP contribution in [-0.2, 0) is 10.9 Å². The van der Waals surface area contributed by atoms with E-state index in [4.69, 9.17) is 4.74 Å². The van der Waals surface area contributed by atoms with E-state index >= 15 is 0 Å². The van der Waals surface area contributed by atoms with E-state index in [2.05, 4.69) is 15.6 Å². The number of aromatic nitrogens is 1. The molecular formula is C23H28F3N3O2. The predicted octanol–water partition coefficient (Wildman–Crippen LogP) is 5.43. The molecule has 1 fully saturated rings. The molecule has 2 heterocycles. The fourth-order valence-corrected chi connectivity index (χ4v) is 3.56. The van der Waals surface area contributed by atoms with Crippen LogP contribution in [0.5, 0.6) is 0 Å². The third kappa shape index (κ3) is 5.97. The number of carbonyl (C=O) groups excluding carboxylic acids is 1. The van der Waals surface area contributed by atoms with Crippen LogP contribution < -0.4 is 10.6 Å². The molecule has 1 aliphatic rings. The third-order valence-corrected chi connectivity index (χ3v) is 5.52. The Hall–Kier alpha value is -2.61. The van der Waals surface area contributed by atoms with Crippen LogP contribution in [0, 0.1) is 12.8 Å². The van der Waals surface area contributed by atoms with Crippen molar-refractivity contribution in [2.45, 2.75) is 45.7 Å². The molecular weight excluding hydrogens is 407 g/mol. The maximum atomic E-state index is 13.1. The van der Waals surface area contributed by atoms with E-state index in [0.717, 1.165) is 30.5 Å². The summed E-state index contributed by atoms with van der Waals surface area (Å²) in [5.41, 5.74) is 1.53. The number of pyridine rings is 1. The van der Waals surface area contributed by atoms with E-state index in [1.165, 1.54) is 12.3 Å². The molecule has 0 atom stereocenters. The highest BCUT2D eigenvalue weighted by atomic mass is 19.4. The molecule has 31 heavy (non-hydrogen) atoms. The summed E-state index contributed by atoms with van der Waals surface area (Å²) in [7, 11) is 0. The standard InChI is InChI=1S/C23H28F3N3O2/c1-14(2)18-11-21(29-20-10-17(23(24,25)26)5-4-15(20)3)27-13-19(18)22(30)28-12-16-6-8-31-9-7-16/h4-5,10-11,13-14,16H,6-9,12H2,1-3H3,(H,27,29)(H,28,30). The Balaban J connectivity index is 1.78. The first-order chi connectivity index (χ1) is 14.6. The second-order valence-electron chi connectivity index (χ2n) is 8.23. The van der Waals surface area contributed by atoms with E-state index in [1.807, 2.05) is 13.8 Å². The second-order valence-corrected chi connectivity index (χ2v) is 8.23. The maximum Gasteiger partial charge on any atom is 0.416 e. The summed E-state index contributed by atoms with van der Waals surface area (Å²) < 4.78 is 44.5. The van der Waals surface area contributed by atoms with Crippen LogP contribution in [0.1, 0.15) is 59.7 Å². The van der Waals surface area contributed by atoms with Crippen LogP contribution in [-0.4, -0.2) is 30.6 Å². The van der Waals surface area contributed by atoms with Gasteiger partial charge in [-0.15, -0.1) is 0 Å². The van der Waals surface area contributed by atoms with Gasteiger partial charge < -0.3 is 15.4 Å². The summed E-state index contributed by atoms with van der Waals surface area (Å²) >= 11 is 0. The van der Waals surface area contributed by atoms with Crippen molar-refractivity contribution in [3.05, 3.63) is 52.7 Å². The topological polar surface area (TPSA) is 63.2 Å². The quantitative estimate of drug-likeness (QED) is 0.635. The van der Waals surface area contributed by atoms with Crippen LogP contribution >= 0.6 is 0 Å². The first-order valence-corrected chi connectivity index (χ1v) is 10.5. The van der Waals surface area contributed by atoms with E-state index in [1.54, 1.807) is 13.0 Å². The van der Waals surface area contributed by atoms with Gasteiger partial charge in [-0.25, -0.2) is 4.98 Å². The number of nitrogens with one attached hydrogen (secondary N) is 2. The molecule has 1 aromatic carbocycles. The number of halogens is 3. The summed E-state index contributed by atoms with van der Waals surface area (Å²) in [5, 5.41) is 5.96. The number of aryl methyl sites for hydroxylation is 1. The fourth-order valence-electron chi connectivity index (χ4n) is 3.56. The number of alkyl halides is 3. The van der Waals surface area contributed by atoms with Gasteiger partial charge in [0.2, 0.25) is 0 Å². The third-order valence-electron chi connectivity index (χ3n) is 5.52. The molecule has 0 radical (unpaired) electrons. The van der Waals surface area contributed by atoms with Gasteiger partial charge >= 0.3 is 6.18 Å². The molecule has 0 unspecified atom stereocenters. The first-order valence-electron chi connectivity index (χ1n) is 10.5. The lowest BCUT2D eigenvalue weighted by Crippen LogP contribution is -2.32. The highest BCUT2D eigenvalue weighted by molar-refractivity contribution is 5.96. The number of carbonyl (C=O) groups is 1. The normalized spacial score (nSPS) is 15.2. The molecule has 0 saturated carbocycles. The van der Waals surface area contributed by atoms with E-state index < -0.39 is 11.7 Å². The Morgan fingerprint density at radius 3 is 2.58 bits per heavy atom. The highest BCUT2D eigenvalue weighted by Crippen LogP contribution is 2.33. The molecule has 2 aromatic rings. The van der Waals surface area contributed by atoms with Gasteiger partial charge in [-0.05, 0) is 60.9 Å². The van der Waals surface area contributed by atoms with Gasteiger partial charge in [0.15, 0.2) is 0 Å². The molecule has 0 aliphatic carbocycles. The first kappa shape index (κ1) is 23.1. The molecule has 1 aromatic heterocycles. The van der Waals surface area contributed by atoms with Crippen molar-refractivity contribution in [2.24, 2.45) is 5.92 Å². The number of amides is 1. The Bertz CT molecular complexity index is 923. The Morgan fingerprint density at radius 2 is 1.94 bits per heavy atom. The number of ether oxygens (including phenoxy) is 1. The lowest BCUT2D eigenvalue weighted by Gasteiger charge is -2.22. The SMILES string of the molecule is Cc1ccc(C(F)(F)F)cc1Nc1cc(C(C)C)c(C(=O)NCC2CCOCC2)cn1. The number of nitrogens with zero attached hydrogens (tertiary/aromatic N) is 1. The van der Waals surface area contributed by atoms with Crippen LogP contribution in [0.15, 0.2) is 30.5 Å². The van der Waals surface area contributed by atoms with Gasteiger partial charge in [0.25, 0.3) is 5.91 Å². The zero-order valence-electron chi connectivity index (χ0n) is 18.0. The van der Waals surface area contributed by atoms with Crippen molar-refractivity contribution < 1.29 is 22.7 Å². The maximum absolute atomic E-state index is 13.1. The van der Waals surface area contributed by atoms with Crippen molar-refractivity contribution in [3.63, 3.8) is 0 Å².